The van der Waals surface area contributed by atoms with Gasteiger partial charge in [0.25, 0.3) is 0 Å². The van der Waals surface area contributed by atoms with Crippen LogP contribution in [0.3, 0.4) is 0 Å². The van der Waals surface area contributed by atoms with Crippen molar-refractivity contribution in [2.45, 2.75) is 150 Å². The minimum Gasteiger partial charge on any atom is -0.310 e. The van der Waals surface area contributed by atoms with Crippen LogP contribution in [-0.2, 0) is 32.5 Å². The maximum atomic E-state index is 2.50. The fourth-order valence-corrected chi connectivity index (χ4v) is 9.68. The van der Waals surface area contributed by atoms with E-state index >= 15 is 0 Å². The first-order valence-electron chi connectivity index (χ1n) is 24.3. The Labute approximate surface area is 399 Å². The molecule has 1 nitrogen and oxygen atoms in total. The summed E-state index contributed by atoms with van der Waals surface area (Å²) in [6.45, 7) is 39.7. The van der Waals surface area contributed by atoms with Crippen molar-refractivity contribution in [1.82, 2.24) is 0 Å². The van der Waals surface area contributed by atoms with E-state index in [2.05, 4.69) is 268 Å². The second-order valence-corrected chi connectivity index (χ2v) is 24.9. The number of hydrogen-bond acceptors (Lipinski definition) is 1. The van der Waals surface area contributed by atoms with Gasteiger partial charge < -0.3 is 4.90 Å². The lowest BCUT2D eigenvalue weighted by molar-refractivity contribution is 0.568. The van der Waals surface area contributed by atoms with E-state index < -0.39 is 0 Å². The van der Waals surface area contributed by atoms with Crippen molar-refractivity contribution >= 4 is 17.1 Å². The zero-order valence-electron chi connectivity index (χ0n) is 43.3. The molecule has 340 valence electrons. The molecular weight excluding hydrogens is 795 g/mol. The van der Waals surface area contributed by atoms with E-state index in [9.17, 15) is 0 Å². The monoisotopic (exact) mass is 870 g/mol. The van der Waals surface area contributed by atoms with Crippen molar-refractivity contribution in [1.29, 1.82) is 0 Å². The van der Waals surface area contributed by atoms with E-state index in [0.717, 1.165) is 17.1 Å². The third-order valence-corrected chi connectivity index (χ3v) is 14.2. The highest BCUT2D eigenvalue weighted by Gasteiger charge is 2.36. The second-order valence-electron chi connectivity index (χ2n) is 24.9. The number of rotatable bonds is 6. The third-order valence-electron chi connectivity index (χ3n) is 14.2. The number of anilines is 3. The lowest BCUT2D eigenvalue weighted by Crippen LogP contribution is -2.17. The summed E-state index contributed by atoms with van der Waals surface area (Å²) in [7, 11) is 0. The van der Waals surface area contributed by atoms with Gasteiger partial charge in [0.05, 0.1) is 5.69 Å². The lowest BCUT2D eigenvalue weighted by atomic mass is 9.78. The molecule has 0 aromatic heterocycles. The average molecular weight is 870 g/mol. The summed E-state index contributed by atoms with van der Waals surface area (Å²) in [5, 5.41) is 0. The first kappa shape index (κ1) is 46.9. The van der Waals surface area contributed by atoms with Crippen LogP contribution in [0.2, 0.25) is 0 Å². The highest BCUT2D eigenvalue weighted by atomic mass is 15.1. The molecule has 0 unspecified atom stereocenters. The van der Waals surface area contributed by atoms with Gasteiger partial charge in [0, 0.05) is 22.4 Å². The Morgan fingerprint density at radius 1 is 0.303 bits per heavy atom. The molecule has 0 heterocycles. The number of para-hydroxylation sites is 1. The van der Waals surface area contributed by atoms with Crippen LogP contribution in [0.5, 0.6) is 0 Å². The van der Waals surface area contributed by atoms with Crippen LogP contribution in [-0.4, -0.2) is 0 Å². The van der Waals surface area contributed by atoms with Crippen molar-refractivity contribution in [3.63, 3.8) is 0 Å². The van der Waals surface area contributed by atoms with E-state index in [1.54, 1.807) is 0 Å². The highest BCUT2D eigenvalue weighted by molar-refractivity contribution is 5.91. The fourth-order valence-electron chi connectivity index (χ4n) is 9.68. The zero-order chi connectivity index (χ0) is 47.9. The molecule has 1 aliphatic carbocycles. The van der Waals surface area contributed by atoms with Crippen molar-refractivity contribution in [3.8, 4) is 44.5 Å². The molecule has 0 N–H and O–H groups in total. The topological polar surface area (TPSA) is 3.24 Å². The van der Waals surface area contributed by atoms with Gasteiger partial charge in [-0.15, -0.1) is 0 Å². The summed E-state index contributed by atoms with van der Waals surface area (Å²) >= 11 is 0. The molecule has 7 aromatic carbocycles. The molecule has 0 fully saturated rings. The first-order chi connectivity index (χ1) is 30.6. The molecule has 0 radical (unpaired) electrons. The Hall–Kier alpha value is -5.66. The quantitative estimate of drug-likeness (QED) is 0.161. The van der Waals surface area contributed by atoms with E-state index in [-0.39, 0.29) is 32.5 Å². The summed E-state index contributed by atoms with van der Waals surface area (Å²) in [4.78, 5) is 2.50. The van der Waals surface area contributed by atoms with Crippen LogP contribution in [0.1, 0.15) is 157 Å². The van der Waals surface area contributed by atoms with Crippen molar-refractivity contribution in [2.24, 2.45) is 0 Å². The molecule has 1 aliphatic rings. The minimum atomic E-state index is -0.130. The Morgan fingerprint density at radius 2 is 0.682 bits per heavy atom. The SMILES string of the molecule is CC(C)(C)c1cc(-c2ccc(N(c3ccc4c(c3)C(C)(C)c3ccccc3-4)c3ccccc3-c3cc(C(C)(C)C)cc(C(C)(C)C)c3)cc2)cc(-c2cc(C(C)(C)C)cc(C(C)(C)C)c2)c1. The number of benzene rings is 7. The molecule has 1 heteroatoms. The number of hydrogen-bond donors (Lipinski definition) is 0. The molecule has 0 aliphatic heterocycles. The molecule has 7 aromatic rings. The Kier molecular flexibility index (Phi) is 11.6. The minimum absolute atomic E-state index is 0.00449. The summed E-state index contributed by atoms with van der Waals surface area (Å²) in [6.07, 6.45) is 0. The summed E-state index contributed by atoms with van der Waals surface area (Å²) in [5.41, 5.74) is 23.0. The lowest BCUT2D eigenvalue weighted by Gasteiger charge is -2.31. The van der Waals surface area contributed by atoms with Crippen LogP contribution >= 0.6 is 0 Å². The zero-order valence-corrected chi connectivity index (χ0v) is 43.3. The first-order valence-corrected chi connectivity index (χ1v) is 24.3. The predicted molar refractivity (Wildman–Crippen MR) is 288 cm³/mol. The smallest absolute Gasteiger partial charge is 0.0540 e. The van der Waals surface area contributed by atoms with Crippen LogP contribution < -0.4 is 4.90 Å². The van der Waals surface area contributed by atoms with Gasteiger partial charge in [-0.2, -0.15) is 0 Å². The van der Waals surface area contributed by atoms with Crippen LogP contribution in [0.4, 0.5) is 17.1 Å². The van der Waals surface area contributed by atoms with Gasteiger partial charge in [0.1, 0.15) is 0 Å². The van der Waals surface area contributed by atoms with E-state index in [0.29, 0.717) is 0 Å². The number of nitrogens with zero attached hydrogens (tertiary/aromatic N) is 1. The van der Waals surface area contributed by atoms with Crippen molar-refractivity contribution in [3.05, 3.63) is 185 Å². The molecule has 0 atom stereocenters. The molecule has 0 bridgehead atoms. The van der Waals surface area contributed by atoms with Gasteiger partial charge in [-0.05, 0) is 141 Å². The molecular formula is C65H75N. The van der Waals surface area contributed by atoms with Gasteiger partial charge in [0.15, 0.2) is 0 Å². The maximum Gasteiger partial charge on any atom is 0.0540 e. The highest BCUT2D eigenvalue weighted by Crippen LogP contribution is 2.52. The van der Waals surface area contributed by atoms with Crippen LogP contribution in [0.15, 0.2) is 146 Å². The van der Waals surface area contributed by atoms with Gasteiger partial charge in [-0.3, -0.25) is 0 Å². The largest absolute Gasteiger partial charge is 0.310 e. The third kappa shape index (κ3) is 9.08. The Morgan fingerprint density at radius 3 is 1.18 bits per heavy atom. The Bertz CT molecular complexity index is 2870. The summed E-state index contributed by atoms with van der Waals surface area (Å²) in [6, 6.07) is 56.3. The van der Waals surface area contributed by atoms with E-state index in [1.807, 2.05) is 0 Å². The summed E-state index contributed by atoms with van der Waals surface area (Å²) in [5.74, 6) is 0. The second kappa shape index (κ2) is 16.3. The van der Waals surface area contributed by atoms with Gasteiger partial charge in [-0.1, -0.05) is 227 Å². The summed E-state index contributed by atoms with van der Waals surface area (Å²) < 4.78 is 0. The molecule has 0 saturated heterocycles. The molecule has 8 rings (SSSR count). The molecule has 66 heavy (non-hydrogen) atoms. The van der Waals surface area contributed by atoms with Gasteiger partial charge in [0.2, 0.25) is 0 Å². The molecule has 0 spiro atoms. The van der Waals surface area contributed by atoms with Gasteiger partial charge >= 0.3 is 0 Å². The van der Waals surface area contributed by atoms with Crippen LogP contribution in [0.25, 0.3) is 44.5 Å². The normalized spacial score (nSPS) is 14.0. The standard InChI is InChI=1S/C65H75N/c1-60(2,3)47-33-43(32-44(34-47)45-35-48(61(4,5)6)39-49(36-45)62(7,8)9)42-26-28-52(29-27-42)66(53-30-31-56-55-23-18-20-24-57(55)65(16,17)58(56)41-53)59-25-21-19-22-54(59)46-37-50(63(10,11)12)40-51(38-46)64(13,14)15/h18-41H,1-17H3. The predicted octanol–water partition coefficient (Wildman–Crippen LogP) is 19.0. The fraction of sp³-hybridized carbons (Fsp3) is 0.354. The average Bonchev–Trinajstić information content (AvgIpc) is 3.47. The molecule has 0 amide bonds. The van der Waals surface area contributed by atoms with Crippen molar-refractivity contribution < 1.29 is 0 Å². The van der Waals surface area contributed by atoms with Gasteiger partial charge in [-0.25, -0.2) is 0 Å². The Balaban J connectivity index is 1.32. The number of fused-ring (bicyclic) bond motifs is 3. The molecule has 0 saturated carbocycles. The van der Waals surface area contributed by atoms with E-state index in [1.165, 1.54) is 83.5 Å². The van der Waals surface area contributed by atoms with E-state index in [4.69, 9.17) is 0 Å². The maximum absolute atomic E-state index is 2.50. The van der Waals surface area contributed by atoms with Crippen LogP contribution in [0, 0.1) is 0 Å². The van der Waals surface area contributed by atoms with Crippen molar-refractivity contribution in [2.75, 3.05) is 4.90 Å².